The van der Waals surface area contributed by atoms with Crippen molar-refractivity contribution < 1.29 is 14.7 Å². The fraction of sp³-hybridized carbons (Fsp3) is 0.556. The second kappa shape index (κ2) is 7.97. The largest absolute Gasteiger partial charge is 0.481 e. The van der Waals surface area contributed by atoms with Crippen LogP contribution >= 0.6 is 0 Å². The fourth-order valence-electron chi connectivity index (χ4n) is 3.13. The minimum atomic E-state index is -0.824. The molecule has 1 atom stereocenters. The zero-order valence-electron chi connectivity index (χ0n) is 13.1. The Kier molecular flexibility index (Phi) is 5.99. The van der Waals surface area contributed by atoms with Crippen LogP contribution in [0.3, 0.4) is 0 Å². The Morgan fingerprint density at radius 2 is 1.95 bits per heavy atom. The van der Waals surface area contributed by atoms with E-state index in [1.807, 2.05) is 13.0 Å². The highest BCUT2D eigenvalue weighted by atomic mass is 16.4. The van der Waals surface area contributed by atoms with Gasteiger partial charge in [0.05, 0.1) is 5.92 Å². The number of carbonyl (C=O) groups is 2. The number of benzene rings is 1. The lowest BCUT2D eigenvalue weighted by Gasteiger charge is -2.35. The van der Waals surface area contributed by atoms with Gasteiger partial charge in [0.25, 0.3) is 0 Å². The van der Waals surface area contributed by atoms with E-state index in [4.69, 9.17) is 5.11 Å². The Bertz CT molecular complexity index is 494. The van der Waals surface area contributed by atoms with E-state index in [1.165, 1.54) is 5.56 Å². The van der Waals surface area contributed by atoms with E-state index in [2.05, 4.69) is 29.6 Å². The molecule has 1 fully saturated rings. The van der Waals surface area contributed by atoms with Crippen LogP contribution in [0.4, 0.5) is 0 Å². The maximum atomic E-state index is 11.9. The number of nitrogens with one attached hydrogen (secondary N) is 1. The molecule has 0 saturated heterocycles. The molecule has 4 heteroatoms. The van der Waals surface area contributed by atoms with Crippen LogP contribution in [0.25, 0.3) is 0 Å². The first-order chi connectivity index (χ1) is 10.6. The number of carbonyl (C=O) groups excluding carboxylic acids is 1. The molecule has 1 saturated carbocycles. The first-order valence-electron chi connectivity index (χ1n) is 8.14. The number of carboxylic acids is 1. The van der Waals surface area contributed by atoms with Gasteiger partial charge in [-0.05, 0) is 36.7 Å². The standard InChI is InChI=1S/C18H25NO3/c1-2-6-15(18(21)22)12-19-17(20)11-13-9-16(10-13)14-7-4-3-5-8-14/h3-5,7-8,13,15-16H,2,6,9-12H2,1H3,(H,19,20)(H,21,22). The molecule has 2 rings (SSSR count). The maximum absolute atomic E-state index is 11.9. The van der Waals surface area contributed by atoms with Gasteiger partial charge in [0, 0.05) is 13.0 Å². The van der Waals surface area contributed by atoms with Gasteiger partial charge in [0.15, 0.2) is 0 Å². The Morgan fingerprint density at radius 3 is 2.55 bits per heavy atom. The van der Waals surface area contributed by atoms with Crippen LogP contribution in [0, 0.1) is 11.8 Å². The van der Waals surface area contributed by atoms with Crippen molar-refractivity contribution in [2.24, 2.45) is 11.8 Å². The highest BCUT2D eigenvalue weighted by molar-refractivity contribution is 5.77. The minimum Gasteiger partial charge on any atom is -0.481 e. The van der Waals surface area contributed by atoms with Crippen molar-refractivity contribution in [2.75, 3.05) is 6.54 Å². The first-order valence-corrected chi connectivity index (χ1v) is 8.14. The average molecular weight is 303 g/mol. The zero-order chi connectivity index (χ0) is 15.9. The van der Waals surface area contributed by atoms with Gasteiger partial charge < -0.3 is 10.4 Å². The van der Waals surface area contributed by atoms with Gasteiger partial charge in [0.1, 0.15) is 0 Å². The van der Waals surface area contributed by atoms with Crippen LogP contribution in [0.15, 0.2) is 30.3 Å². The molecule has 0 bridgehead atoms. The van der Waals surface area contributed by atoms with Gasteiger partial charge in [-0.2, -0.15) is 0 Å². The van der Waals surface area contributed by atoms with Crippen LogP contribution in [-0.2, 0) is 9.59 Å². The Morgan fingerprint density at radius 1 is 1.27 bits per heavy atom. The lowest BCUT2D eigenvalue weighted by atomic mass is 9.70. The predicted molar refractivity (Wildman–Crippen MR) is 85.6 cm³/mol. The van der Waals surface area contributed by atoms with E-state index in [9.17, 15) is 9.59 Å². The molecular weight excluding hydrogens is 278 g/mol. The molecule has 22 heavy (non-hydrogen) atoms. The Hall–Kier alpha value is -1.84. The predicted octanol–water partition coefficient (Wildman–Crippen LogP) is 3.19. The molecule has 1 unspecified atom stereocenters. The van der Waals surface area contributed by atoms with Gasteiger partial charge in [-0.15, -0.1) is 0 Å². The molecule has 2 N–H and O–H groups in total. The van der Waals surface area contributed by atoms with Crippen molar-refractivity contribution in [2.45, 2.75) is 44.9 Å². The van der Waals surface area contributed by atoms with Crippen LogP contribution < -0.4 is 5.32 Å². The van der Waals surface area contributed by atoms with Crippen LogP contribution in [0.5, 0.6) is 0 Å². The molecule has 0 heterocycles. The molecule has 1 amide bonds. The number of hydrogen-bond acceptors (Lipinski definition) is 2. The summed E-state index contributed by atoms with van der Waals surface area (Å²) in [7, 11) is 0. The van der Waals surface area contributed by atoms with Crippen molar-refractivity contribution >= 4 is 11.9 Å². The maximum Gasteiger partial charge on any atom is 0.308 e. The third-order valence-corrected chi connectivity index (χ3v) is 4.51. The molecule has 120 valence electrons. The Balaban J connectivity index is 1.68. The first kappa shape index (κ1) is 16.5. The van der Waals surface area contributed by atoms with E-state index >= 15 is 0 Å². The van der Waals surface area contributed by atoms with E-state index in [-0.39, 0.29) is 12.5 Å². The summed E-state index contributed by atoms with van der Waals surface area (Å²) in [6.45, 7) is 2.20. The summed E-state index contributed by atoms with van der Waals surface area (Å²) in [6.07, 6.45) is 4.04. The lowest BCUT2D eigenvalue weighted by molar-refractivity contribution is -0.142. The molecule has 4 nitrogen and oxygen atoms in total. The van der Waals surface area contributed by atoms with Crippen molar-refractivity contribution in [3.8, 4) is 0 Å². The highest BCUT2D eigenvalue weighted by Crippen LogP contribution is 2.43. The van der Waals surface area contributed by atoms with Gasteiger partial charge in [-0.25, -0.2) is 0 Å². The topological polar surface area (TPSA) is 66.4 Å². The number of amides is 1. The van der Waals surface area contributed by atoms with E-state index in [0.29, 0.717) is 24.7 Å². The number of hydrogen-bond donors (Lipinski definition) is 2. The Labute approximate surface area is 131 Å². The van der Waals surface area contributed by atoms with E-state index < -0.39 is 11.9 Å². The smallest absolute Gasteiger partial charge is 0.308 e. The summed E-state index contributed by atoms with van der Waals surface area (Å²) in [5.74, 6) is -0.299. The van der Waals surface area contributed by atoms with Gasteiger partial charge >= 0.3 is 5.97 Å². The number of aliphatic carboxylic acids is 1. The minimum absolute atomic E-state index is 0.0149. The molecule has 0 aliphatic heterocycles. The quantitative estimate of drug-likeness (QED) is 0.775. The lowest BCUT2D eigenvalue weighted by Crippen LogP contribution is -2.35. The highest BCUT2D eigenvalue weighted by Gasteiger charge is 2.31. The third-order valence-electron chi connectivity index (χ3n) is 4.51. The summed E-state index contributed by atoms with van der Waals surface area (Å²) in [5.41, 5.74) is 1.35. The van der Waals surface area contributed by atoms with Gasteiger partial charge in [0.2, 0.25) is 5.91 Å². The molecular formula is C18H25NO3. The van der Waals surface area contributed by atoms with Crippen molar-refractivity contribution in [1.82, 2.24) is 5.32 Å². The molecule has 0 radical (unpaired) electrons. The molecule has 1 aliphatic carbocycles. The second-order valence-corrected chi connectivity index (χ2v) is 6.28. The van der Waals surface area contributed by atoms with Crippen molar-refractivity contribution in [1.29, 1.82) is 0 Å². The molecule has 1 aromatic rings. The summed E-state index contributed by atoms with van der Waals surface area (Å²) in [4.78, 5) is 23.0. The van der Waals surface area contributed by atoms with Crippen molar-refractivity contribution in [3.05, 3.63) is 35.9 Å². The van der Waals surface area contributed by atoms with E-state index in [0.717, 1.165) is 19.3 Å². The average Bonchev–Trinajstić information content (AvgIpc) is 2.47. The summed E-state index contributed by atoms with van der Waals surface area (Å²) < 4.78 is 0. The molecule has 0 aromatic heterocycles. The SMILES string of the molecule is CCCC(CNC(=O)CC1CC(c2ccccc2)C1)C(=O)O. The zero-order valence-corrected chi connectivity index (χ0v) is 13.1. The van der Waals surface area contributed by atoms with Crippen molar-refractivity contribution in [3.63, 3.8) is 0 Å². The van der Waals surface area contributed by atoms with Crippen LogP contribution in [0.1, 0.15) is 50.5 Å². The monoisotopic (exact) mass is 303 g/mol. The number of carboxylic acid groups (broad SMARTS) is 1. The third kappa shape index (κ3) is 4.58. The molecule has 0 spiro atoms. The number of rotatable bonds is 8. The van der Waals surface area contributed by atoms with Gasteiger partial charge in [-0.3, -0.25) is 9.59 Å². The van der Waals surface area contributed by atoms with Crippen LogP contribution in [0.2, 0.25) is 0 Å². The molecule has 1 aromatic carbocycles. The van der Waals surface area contributed by atoms with Gasteiger partial charge in [-0.1, -0.05) is 43.7 Å². The fourth-order valence-corrected chi connectivity index (χ4v) is 3.13. The summed E-state index contributed by atoms with van der Waals surface area (Å²) in [5, 5.41) is 11.8. The molecule has 1 aliphatic rings. The van der Waals surface area contributed by atoms with E-state index in [1.54, 1.807) is 0 Å². The second-order valence-electron chi connectivity index (χ2n) is 6.28. The van der Waals surface area contributed by atoms with Crippen LogP contribution in [-0.4, -0.2) is 23.5 Å². The summed E-state index contributed by atoms with van der Waals surface area (Å²) in [6, 6.07) is 10.4. The normalized spacial score (nSPS) is 21.7. The summed E-state index contributed by atoms with van der Waals surface area (Å²) >= 11 is 0.